The molecule has 4 aliphatic rings. The fraction of sp³-hybridized carbons (Fsp3) is 0.265. The molecule has 0 aromatic heterocycles. The SMILES string of the molecule is C=CC1=C(/C=C\C)C2=C(C(c3ccc(-c4ccc(C(C)(C)C)cc4)cc3C)C(C)C=C2)C12C1=C(C=CCC1)c1ccccc12.C=Cc1c(C=C)c2ccc(C)cc2c2ccccc12.CC.CCC. The molecule has 0 fully saturated rings. The molecule has 0 N–H and O–H groups in total. The van der Waals surface area contributed by atoms with Crippen LogP contribution in [0.5, 0.6) is 0 Å². The summed E-state index contributed by atoms with van der Waals surface area (Å²) in [7, 11) is 0. The molecular formula is C68H74. The minimum absolute atomic E-state index is 0.151. The quantitative estimate of drug-likeness (QED) is 0.146. The molecule has 4 aliphatic carbocycles. The van der Waals surface area contributed by atoms with Crippen LogP contribution in [0.4, 0.5) is 0 Å². The fourth-order valence-electron chi connectivity index (χ4n) is 11.4. The van der Waals surface area contributed by atoms with E-state index in [4.69, 9.17) is 0 Å². The highest BCUT2D eigenvalue weighted by molar-refractivity contribution is 6.14. The smallest absolute Gasteiger partial charge is 0.0657 e. The van der Waals surface area contributed by atoms with Gasteiger partial charge in [0, 0.05) is 5.92 Å². The predicted molar refractivity (Wildman–Crippen MR) is 303 cm³/mol. The van der Waals surface area contributed by atoms with Crippen LogP contribution in [-0.4, -0.2) is 0 Å². The molecule has 68 heavy (non-hydrogen) atoms. The van der Waals surface area contributed by atoms with E-state index in [0.717, 1.165) is 12.8 Å². The summed E-state index contributed by atoms with van der Waals surface area (Å²) in [6, 6.07) is 40.6. The van der Waals surface area contributed by atoms with E-state index in [9.17, 15) is 0 Å². The first-order valence-electron chi connectivity index (χ1n) is 25.2. The molecule has 6 aromatic carbocycles. The minimum atomic E-state index is -0.291. The molecule has 10 rings (SSSR count). The Labute approximate surface area is 410 Å². The Hall–Kier alpha value is -6.50. The average Bonchev–Trinajstić information content (AvgIpc) is 3.80. The van der Waals surface area contributed by atoms with Gasteiger partial charge in [0.05, 0.1) is 5.41 Å². The Morgan fingerprint density at radius 1 is 0.691 bits per heavy atom. The first kappa shape index (κ1) is 49.4. The van der Waals surface area contributed by atoms with E-state index >= 15 is 0 Å². The third kappa shape index (κ3) is 8.53. The summed E-state index contributed by atoms with van der Waals surface area (Å²) in [5, 5.41) is 5.05. The minimum Gasteiger partial charge on any atom is -0.0987 e. The average molecular weight is 891 g/mol. The molecule has 3 unspecified atom stereocenters. The van der Waals surface area contributed by atoms with Gasteiger partial charge in [-0.3, -0.25) is 0 Å². The van der Waals surface area contributed by atoms with Crippen molar-refractivity contribution in [3.8, 4) is 11.1 Å². The molecule has 0 nitrogen and oxygen atoms in total. The van der Waals surface area contributed by atoms with Crippen molar-refractivity contribution in [3.63, 3.8) is 0 Å². The van der Waals surface area contributed by atoms with Gasteiger partial charge in [-0.1, -0.05) is 251 Å². The maximum absolute atomic E-state index is 4.48. The topological polar surface area (TPSA) is 0 Å². The lowest BCUT2D eigenvalue weighted by Crippen LogP contribution is -2.35. The highest BCUT2D eigenvalue weighted by atomic mass is 14.6. The van der Waals surface area contributed by atoms with Crippen LogP contribution in [0.1, 0.15) is 132 Å². The summed E-state index contributed by atoms with van der Waals surface area (Å²) >= 11 is 0. The van der Waals surface area contributed by atoms with E-state index in [1.165, 1.54) is 106 Å². The lowest BCUT2D eigenvalue weighted by atomic mass is 9.59. The standard InChI is InChI=1S/C44H44.C19H16.C3H8.C2H6/c1-8-14-34-37-25-19-28(3)41(33-26-22-31(27-29(33)4)30-20-23-32(24-21-30)43(5,6)7)42(37)44(38(34)9-2)39-17-12-10-15-35(39)36-16-11-13-18-40(36)44;1-4-14-15(5-2)18-11-10-13(3)12-19(18)17-9-7-6-8-16(14)17;1-3-2;1-2/h8-12,14-17,19-28,41H,2,13,18H2,1,3-7H3;4-12H,1-2H2,3H3;3H2,1-2H3;1-2H3/b14-8-;;;. The van der Waals surface area contributed by atoms with E-state index in [-0.39, 0.29) is 16.7 Å². The van der Waals surface area contributed by atoms with Gasteiger partial charge in [0.15, 0.2) is 0 Å². The second-order valence-electron chi connectivity index (χ2n) is 19.6. The monoisotopic (exact) mass is 891 g/mol. The second kappa shape index (κ2) is 20.8. The number of aryl methyl sites for hydroxylation is 2. The third-order valence-corrected chi connectivity index (χ3v) is 14.2. The third-order valence-electron chi connectivity index (χ3n) is 14.2. The Morgan fingerprint density at radius 2 is 1.32 bits per heavy atom. The molecule has 3 atom stereocenters. The van der Waals surface area contributed by atoms with Crippen LogP contribution >= 0.6 is 0 Å². The molecular weight excluding hydrogens is 817 g/mol. The zero-order valence-electron chi connectivity index (χ0n) is 43.0. The Balaban J connectivity index is 0.000000237. The largest absolute Gasteiger partial charge is 0.0987 e. The van der Waals surface area contributed by atoms with Crippen LogP contribution < -0.4 is 0 Å². The predicted octanol–water partition coefficient (Wildman–Crippen LogP) is 19.7. The zero-order valence-corrected chi connectivity index (χ0v) is 43.0. The summed E-state index contributed by atoms with van der Waals surface area (Å²) in [5.74, 6) is 0.629. The van der Waals surface area contributed by atoms with Gasteiger partial charge in [-0.05, 0) is 150 Å². The summed E-state index contributed by atoms with van der Waals surface area (Å²) in [6.45, 7) is 36.5. The Morgan fingerprint density at radius 3 is 1.96 bits per heavy atom. The molecule has 0 saturated carbocycles. The molecule has 0 amide bonds. The van der Waals surface area contributed by atoms with E-state index in [1.807, 2.05) is 26.0 Å². The van der Waals surface area contributed by atoms with E-state index in [0.29, 0.717) is 5.92 Å². The van der Waals surface area contributed by atoms with Gasteiger partial charge in [-0.15, -0.1) is 0 Å². The molecule has 0 aliphatic heterocycles. The lowest BCUT2D eigenvalue weighted by molar-refractivity contribution is 0.530. The second-order valence-corrected chi connectivity index (χ2v) is 19.6. The zero-order chi connectivity index (χ0) is 48.9. The summed E-state index contributed by atoms with van der Waals surface area (Å²) in [4.78, 5) is 0. The lowest BCUT2D eigenvalue weighted by Gasteiger charge is -2.42. The van der Waals surface area contributed by atoms with Crippen molar-refractivity contribution in [1.29, 1.82) is 0 Å². The number of benzene rings is 6. The normalized spacial score (nSPS) is 18.9. The van der Waals surface area contributed by atoms with Gasteiger partial charge in [-0.25, -0.2) is 0 Å². The Kier molecular flexibility index (Phi) is 15.1. The number of rotatable bonds is 6. The summed E-state index contributed by atoms with van der Waals surface area (Å²) in [5.41, 5.74) is 21.6. The van der Waals surface area contributed by atoms with Crippen LogP contribution in [0.15, 0.2) is 199 Å². The molecule has 6 aromatic rings. The van der Waals surface area contributed by atoms with Crippen molar-refractivity contribution < 1.29 is 0 Å². The van der Waals surface area contributed by atoms with Gasteiger partial charge in [-0.2, -0.15) is 0 Å². The van der Waals surface area contributed by atoms with Crippen molar-refractivity contribution >= 4 is 39.3 Å². The Bertz CT molecular complexity index is 3080. The maximum atomic E-state index is 4.48. The fourth-order valence-corrected chi connectivity index (χ4v) is 11.4. The highest BCUT2D eigenvalue weighted by Crippen LogP contribution is 2.67. The maximum Gasteiger partial charge on any atom is 0.0657 e. The summed E-state index contributed by atoms with van der Waals surface area (Å²) in [6.07, 6.45) is 23.6. The van der Waals surface area contributed by atoms with E-state index in [2.05, 4.69) is 234 Å². The first-order chi connectivity index (χ1) is 32.9. The number of hydrogen-bond donors (Lipinski definition) is 0. The molecule has 1 spiro atoms. The van der Waals surface area contributed by atoms with Crippen LogP contribution in [0.2, 0.25) is 0 Å². The molecule has 0 bridgehead atoms. The van der Waals surface area contributed by atoms with Crippen molar-refractivity contribution in [2.75, 3.05) is 0 Å². The van der Waals surface area contributed by atoms with Crippen LogP contribution in [0.3, 0.4) is 0 Å². The van der Waals surface area contributed by atoms with Crippen molar-refractivity contribution in [1.82, 2.24) is 0 Å². The molecule has 0 saturated heterocycles. The van der Waals surface area contributed by atoms with Crippen molar-refractivity contribution in [2.24, 2.45) is 5.92 Å². The summed E-state index contributed by atoms with van der Waals surface area (Å²) < 4.78 is 0. The van der Waals surface area contributed by atoms with Gasteiger partial charge in [0.2, 0.25) is 0 Å². The van der Waals surface area contributed by atoms with Gasteiger partial charge >= 0.3 is 0 Å². The van der Waals surface area contributed by atoms with Crippen LogP contribution in [-0.2, 0) is 10.8 Å². The number of fused-ring (bicyclic) bond motifs is 8. The van der Waals surface area contributed by atoms with Gasteiger partial charge in [0.25, 0.3) is 0 Å². The van der Waals surface area contributed by atoms with Crippen LogP contribution in [0.25, 0.3) is 50.4 Å². The van der Waals surface area contributed by atoms with Crippen LogP contribution in [0, 0.1) is 19.8 Å². The van der Waals surface area contributed by atoms with Gasteiger partial charge < -0.3 is 0 Å². The van der Waals surface area contributed by atoms with Gasteiger partial charge in [0.1, 0.15) is 0 Å². The molecule has 0 heterocycles. The van der Waals surface area contributed by atoms with Crippen molar-refractivity contribution in [2.45, 2.75) is 112 Å². The first-order valence-corrected chi connectivity index (χ1v) is 25.2. The molecule has 346 valence electrons. The van der Waals surface area contributed by atoms with E-state index in [1.54, 1.807) is 11.1 Å². The molecule has 0 radical (unpaired) electrons. The van der Waals surface area contributed by atoms with Crippen molar-refractivity contribution in [3.05, 3.63) is 244 Å². The highest BCUT2D eigenvalue weighted by Gasteiger charge is 2.56. The number of hydrogen-bond acceptors (Lipinski definition) is 0. The number of allylic oxidation sites excluding steroid dienone is 13. The van der Waals surface area contributed by atoms with E-state index < -0.39 is 0 Å². The molecule has 0 heteroatoms.